The van der Waals surface area contributed by atoms with Crippen LogP contribution in [0.2, 0.25) is 0 Å². The van der Waals surface area contributed by atoms with Crippen LogP contribution in [-0.4, -0.2) is 30.7 Å². The fourth-order valence-electron chi connectivity index (χ4n) is 4.30. The molecule has 1 aromatic carbocycles. The molecule has 1 aromatic rings. The van der Waals surface area contributed by atoms with E-state index in [2.05, 4.69) is 51.1 Å². The Morgan fingerprint density at radius 2 is 1.43 bits per heavy atom. The minimum Gasteiger partial charge on any atom is -0.324 e. The lowest BCUT2D eigenvalue weighted by atomic mass is 9.67. The third-order valence-corrected chi connectivity index (χ3v) is 6.27. The maximum atomic E-state index is 2.38. The van der Waals surface area contributed by atoms with Crippen molar-refractivity contribution in [1.82, 2.24) is 0 Å². The minimum absolute atomic E-state index is 0.461. The molecule has 0 spiro atoms. The van der Waals surface area contributed by atoms with Gasteiger partial charge in [-0.05, 0) is 39.2 Å². The summed E-state index contributed by atoms with van der Waals surface area (Å²) in [6.07, 6.45) is 8.43. The second-order valence-corrected chi connectivity index (χ2v) is 6.97. The highest BCUT2D eigenvalue weighted by Crippen LogP contribution is 2.42. The fraction of sp³-hybridized carbons (Fsp3) is 0.700. The molecule has 0 atom stereocenters. The van der Waals surface area contributed by atoms with E-state index in [1.54, 1.807) is 5.56 Å². The van der Waals surface area contributed by atoms with E-state index in [-0.39, 0.29) is 0 Å². The number of nitrogens with zero attached hydrogens (tertiary/aromatic N) is 1. The smallest absolute Gasteiger partial charge is 0.0795 e. The third-order valence-electron chi connectivity index (χ3n) is 6.27. The van der Waals surface area contributed by atoms with Gasteiger partial charge in [-0.2, -0.15) is 0 Å². The van der Waals surface area contributed by atoms with Gasteiger partial charge in [0, 0.05) is 11.8 Å². The van der Waals surface area contributed by atoms with Crippen molar-refractivity contribution in [3.8, 4) is 0 Å². The second-order valence-electron chi connectivity index (χ2n) is 6.97. The van der Waals surface area contributed by atoms with E-state index in [1.807, 2.05) is 0 Å². The summed E-state index contributed by atoms with van der Waals surface area (Å²) in [5, 5.41) is 0. The Morgan fingerprint density at radius 1 is 0.857 bits per heavy atom. The van der Waals surface area contributed by atoms with Crippen LogP contribution in [0.4, 0.5) is 0 Å². The zero-order valence-corrected chi connectivity index (χ0v) is 14.4. The zero-order valence-electron chi connectivity index (χ0n) is 14.4. The van der Waals surface area contributed by atoms with Crippen molar-refractivity contribution < 1.29 is 4.48 Å². The molecule has 0 aromatic heterocycles. The van der Waals surface area contributed by atoms with E-state index in [0.29, 0.717) is 5.41 Å². The molecule has 21 heavy (non-hydrogen) atoms. The fourth-order valence-corrected chi connectivity index (χ4v) is 4.30. The van der Waals surface area contributed by atoms with Crippen LogP contribution in [0.5, 0.6) is 0 Å². The topological polar surface area (TPSA) is 0 Å². The van der Waals surface area contributed by atoms with Crippen molar-refractivity contribution in [2.75, 3.05) is 26.2 Å². The Kier molecular flexibility index (Phi) is 5.87. The maximum Gasteiger partial charge on any atom is 0.0795 e. The average molecular weight is 288 g/mol. The molecule has 1 saturated carbocycles. The number of hydrogen-bond donors (Lipinski definition) is 0. The summed E-state index contributed by atoms with van der Waals surface area (Å²) < 4.78 is 1.29. The summed E-state index contributed by atoms with van der Waals surface area (Å²) >= 11 is 0. The van der Waals surface area contributed by atoms with Gasteiger partial charge in [0.1, 0.15) is 0 Å². The normalized spacial score (nSPS) is 18.6. The number of hydrogen-bond acceptors (Lipinski definition) is 0. The van der Waals surface area contributed by atoms with Crippen LogP contribution < -0.4 is 0 Å². The van der Waals surface area contributed by atoms with Crippen LogP contribution in [0.25, 0.3) is 0 Å². The molecule has 0 heterocycles. The van der Waals surface area contributed by atoms with Gasteiger partial charge < -0.3 is 4.48 Å². The van der Waals surface area contributed by atoms with Gasteiger partial charge in [0.15, 0.2) is 0 Å². The zero-order chi connectivity index (χ0) is 15.2. The second kappa shape index (κ2) is 7.45. The molecule has 118 valence electrons. The SMILES string of the molecule is CC[N+](CC)(CC)CCC1(c2ccccc2)CCCCC1. The van der Waals surface area contributed by atoms with E-state index in [9.17, 15) is 0 Å². The number of rotatable bonds is 7. The van der Waals surface area contributed by atoms with Crippen molar-refractivity contribution >= 4 is 0 Å². The summed E-state index contributed by atoms with van der Waals surface area (Å²) in [4.78, 5) is 0. The van der Waals surface area contributed by atoms with Crippen molar-refractivity contribution in [3.05, 3.63) is 35.9 Å². The molecule has 1 aliphatic carbocycles. The molecule has 1 nitrogen and oxygen atoms in total. The summed E-state index contributed by atoms with van der Waals surface area (Å²) in [5.74, 6) is 0. The first kappa shape index (κ1) is 16.5. The van der Waals surface area contributed by atoms with Crippen molar-refractivity contribution in [2.24, 2.45) is 0 Å². The van der Waals surface area contributed by atoms with Crippen LogP contribution in [0, 0.1) is 0 Å². The van der Waals surface area contributed by atoms with E-state index in [4.69, 9.17) is 0 Å². The molecular weight excluding hydrogens is 254 g/mol. The molecule has 0 unspecified atom stereocenters. The van der Waals surface area contributed by atoms with Crippen LogP contribution in [0.3, 0.4) is 0 Å². The Morgan fingerprint density at radius 3 is 1.95 bits per heavy atom. The molecular formula is C20H34N+. The van der Waals surface area contributed by atoms with E-state index in [1.165, 1.54) is 69.2 Å². The predicted octanol–water partition coefficient (Wildman–Crippen LogP) is 5.16. The number of benzene rings is 1. The predicted molar refractivity (Wildman–Crippen MR) is 92.6 cm³/mol. The molecule has 2 rings (SSSR count). The van der Waals surface area contributed by atoms with Gasteiger partial charge in [0.25, 0.3) is 0 Å². The minimum atomic E-state index is 0.461. The van der Waals surface area contributed by atoms with Gasteiger partial charge in [-0.1, -0.05) is 49.6 Å². The van der Waals surface area contributed by atoms with Crippen LogP contribution >= 0.6 is 0 Å². The molecule has 0 saturated heterocycles. The third kappa shape index (κ3) is 3.69. The Hall–Kier alpha value is -0.820. The lowest BCUT2D eigenvalue weighted by Crippen LogP contribution is -2.50. The lowest BCUT2D eigenvalue weighted by molar-refractivity contribution is -0.923. The molecule has 0 bridgehead atoms. The molecule has 0 radical (unpaired) electrons. The van der Waals surface area contributed by atoms with Gasteiger partial charge in [0.05, 0.1) is 26.2 Å². The largest absolute Gasteiger partial charge is 0.324 e. The monoisotopic (exact) mass is 288 g/mol. The Balaban J connectivity index is 2.18. The molecule has 0 aliphatic heterocycles. The lowest BCUT2D eigenvalue weighted by Gasteiger charge is -2.43. The van der Waals surface area contributed by atoms with Gasteiger partial charge in [0.2, 0.25) is 0 Å². The standard InChI is InChI=1S/C20H34N/c1-4-21(5-2,6-3)18-17-20(15-11-8-12-16-20)19-13-9-7-10-14-19/h7,9-10,13-14H,4-6,8,11-12,15-18H2,1-3H3/q+1. The maximum absolute atomic E-state index is 2.38. The molecule has 1 heteroatoms. The molecule has 0 N–H and O–H groups in total. The highest BCUT2D eigenvalue weighted by atomic mass is 15.3. The van der Waals surface area contributed by atoms with E-state index >= 15 is 0 Å². The summed E-state index contributed by atoms with van der Waals surface area (Å²) in [6.45, 7) is 12.3. The number of quaternary nitrogens is 1. The molecule has 1 fully saturated rings. The average Bonchev–Trinajstić information content (AvgIpc) is 2.58. The van der Waals surface area contributed by atoms with Crippen molar-refractivity contribution in [1.29, 1.82) is 0 Å². The van der Waals surface area contributed by atoms with Crippen LogP contribution in [0.15, 0.2) is 30.3 Å². The summed E-state index contributed by atoms with van der Waals surface area (Å²) in [6, 6.07) is 11.4. The van der Waals surface area contributed by atoms with Gasteiger partial charge in [-0.3, -0.25) is 0 Å². The first-order valence-corrected chi connectivity index (χ1v) is 9.11. The Bertz CT molecular complexity index is 391. The van der Waals surface area contributed by atoms with Crippen LogP contribution in [0.1, 0.15) is 64.9 Å². The Labute approximate surface area is 132 Å². The first-order chi connectivity index (χ1) is 10.2. The van der Waals surface area contributed by atoms with Gasteiger partial charge >= 0.3 is 0 Å². The van der Waals surface area contributed by atoms with Gasteiger partial charge in [-0.15, -0.1) is 0 Å². The quantitative estimate of drug-likeness (QED) is 0.608. The summed E-state index contributed by atoms with van der Waals surface area (Å²) in [5.41, 5.74) is 2.06. The molecule has 1 aliphatic rings. The van der Waals surface area contributed by atoms with Crippen molar-refractivity contribution in [3.63, 3.8) is 0 Å². The first-order valence-electron chi connectivity index (χ1n) is 9.11. The van der Waals surface area contributed by atoms with Crippen LogP contribution in [-0.2, 0) is 5.41 Å². The van der Waals surface area contributed by atoms with E-state index < -0.39 is 0 Å². The van der Waals surface area contributed by atoms with Crippen molar-refractivity contribution in [2.45, 2.75) is 64.7 Å². The highest BCUT2D eigenvalue weighted by Gasteiger charge is 2.36. The van der Waals surface area contributed by atoms with Gasteiger partial charge in [-0.25, -0.2) is 0 Å². The summed E-state index contributed by atoms with van der Waals surface area (Å²) in [7, 11) is 0. The highest BCUT2D eigenvalue weighted by molar-refractivity contribution is 5.25. The van der Waals surface area contributed by atoms with E-state index in [0.717, 1.165) is 0 Å². The molecule has 0 amide bonds.